The highest BCUT2D eigenvalue weighted by Crippen LogP contribution is 2.36. The summed E-state index contributed by atoms with van der Waals surface area (Å²) in [6.45, 7) is 0. The molecule has 2 aromatic rings. The third-order valence-corrected chi connectivity index (χ3v) is 3.36. The van der Waals surface area contributed by atoms with Gasteiger partial charge in [0.25, 0.3) is 11.6 Å². The van der Waals surface area contributed by atoms with Crippen molar-refractivity contribution in [1.82, 2.24) is 0 Å². The largest absolute Gasteiger partial charge is 0.495 e. The Balaban J connectivity index is 2.27. The number of methoxy groups -OCH3 is 2. The highest BCUT2D eigenvalue weighted by atomic mass is 35.5. The SMILES string of the molecule is COc1cc(NC(=O)c2ccc([N+](=O)[O-])cc2)c(OC)cc1Cl. The van der Waals surface area contributed by atoms with E-state index >= 15 is 0 Å². The van der Waals surface area contributed by atoms with Crippen LogP contribution >= 0.6 is 11.6 Å². The fourth-order valence-electron chi connectivity index (χ4n) is 1.89. The normalized spacial score (nSPS) is 10.0. The molecule has 2 aromatic carbocycles. The van der Waals surface area contributed by atoms with Gasteiger partial charge in [0.05, 0.1) is 29.9 Å². The summed E-state index contributed by atoms with van der Waals surface area (Å²) in [4.78, 5) is 22.3. The maximum absolute atomic E-state index is 12.2. The van der Waals surface area contributed by atoms with Crippen LogP contribution in [-0.2, 0) is 0 Å². The number of nitro groups is 1. The molecule has 0 fully saturated rings. The zero-order chi connectivity index (χ0) is 17.0. The first-order chi connectivity index (χ1) is 11.0. The molecule has 8 heteroatoms. The van der Waals surface area contributed by atoms with E-state index in [1.54, 1.807) is 0 Å². The van der Waals surface area contributed by atoms with Crippen molar-refractivity contribution in [3.05, 3.63) is 57.1 Å². The lowest BCUT2D eigenvalue weighted by molar-refractivity contribution is -0.384. The number of amides is 1. The number of benzene rings is 2. The third-order valence-electron chi connectivity index (χ3n) is 3.06. The number of ether oxygens (including phenoxy) is 2. The molecule has 0 atom stereocenters. The van der Waals surface area contributed by atoms with E-state index in [0.29, 0.717) is 22.2 Å². The summed E-state index contributed by atoms with van der Waals surface area (Å²) in [7, 11) is 2.90. The first-order valence-electron chi connectivity index (χ1n) is 6.43. The van der Waals surface area contributed by atoms with Gasteiger partial charge in [-0.3, -0.25) is 14.9 Å². The van der Waals surface area contributed by atoms with Crippen LogP contribution < -0.4 is 14.8 Å². The highest BCUT2D eigenvalue weighted by molar-refractivity contribution is 6.32. The molecule has 0 saturated heterocycles. The van der Waals surface area contributed by atoms with E-state index in [4.69, 9.17) is 21.1 Å². The fourth-order valence-corrected chi connectivity index (χ4v) is 2.12. The van der Waals surface area contributed by atoms with Crippen molar-refractivity contribution in [3.63, 3.8) is 0 Å². The summed E-state index contributed by atoms with van der Waals surface area (Å²) in [6.07, 6.45) is 0. The molecule has 0 spiro atoms. The van der Waals surface area contributed by atoms with Crippen molar-refractivity contribution >= 4 is 28.9 Å². The molecule has 0 bridgehead atoms. The van der Waals surface area contributed by atoms with Crippen LogP contribution in [0.4, 0.5) is 11.4 Å². The van der Waals surface area contributed by atoms with E-state index in [9.17, 15) is 14.9 Å². The van der Waals surface area contributed by atoms with Crippen molar-refractivity contribution < 1.29 is 19.2 Å². The topological polar surface area (TPSA) is 90.7 Å². The molecule has 1 N–H and O–H groups in total. The Morgan fingerprint density at radius 2 is 1.74 bits per heavy atom. The van der Waals surface area contributed by atoms with Crippen molar-refractivity contribution in [2.24, 2.45) is 0 Å². The number of carbonyl (C=O) groups is 1. The highest BCUT2D eigenvalue weighted by Gasteiger charge is 2.14. The zero-order valence-electron chi connectivity index (χ0n) is 12.3. The second kappa shape index (κ2) is 6.97. The van der Waals surface area contributed by atoms with Gasteiger partial charge >= 0.3 is 0 Å². The summed E-state index contributed by atoms with van der Waals surface area (Å²) < 4.78 is 10.3. The van der Waals surface area contributed by atoms with Crippen LogP contribution in [0, 0.1) is 10.1 Å². The second-order valence-electron chi connectivity index (χ2n) is 4.45. The monoisotopic (exact) mass is 336 g/mol. The molecular weight excluding hydrogens is 324 g/mol. The maximum atomic E-state index is 12.2. The average Bonchev–Trinajstić information content (AvgIpc) is 2.55. The molecule has 0 saturated carbocycles. The van der Waals surface area contributed by atoms with Gasteiger partial charge in [0.2, 0.25) is 0 Å². The number of nitrogens with zero attached hydrogens (tertiary/aromatic N) is 1. The standard InChI is InChI=1S/C15H13ClN2O5/c1-22-13-8-12(14(23-2)7-11(13)16)17-15(19)9-3-5-10(6-4-9)18(20)21/h3-8H,1-2H3,(H,17,19). The number of nitrogens with one attached hydrogen (secondary N) is 1. The van der Waals surface area contributed by atoms with Crippen LogP contribution in [0.3, 0.4) is 0 Å². The minimum Gasteiger partial charge on any atom is -0.495 e. The van der Waals surface area contributed by atoms with Crippen molar-refractivity contribution in [2.75, 3.05) is 19.5 Å². The smallest absolute Gasteiger partial charge is 0.269 e. The van der Waals surface area contributed by atoms with Crippen molar-refractivity contribution in [1.29, 1.82) is 0 Å². The van der Waals surface area contributed by atoms with E-state index in [0.717, 1.165) is 0 Å². The van der Waals surface area contributed by atoms with Crippen LogP contribution in [0.2, 0.25) is 5.02 Å². The summed E-state index contributed by atoms with van der Waals surface area (Å²) in [5.74, 6) is 0.306. The number of rotatable bonds is 5. The van der Waals surface area contributed by atoms with Crippen LogP contribution in [0.15, 0.2) is 36.4 Å². The molecule has 23 heavy (non-hydrogen) atoms. The summed E-state index contributed by atoms with van der Waals surface area (Å²) >= 11 is 6.00. The molecule has 2 rings (SSSR count). The predicted molar refractivity (Wildman–Crippen MR) is 85.6 cm³/mol. The number of carbonyl (C=O) groups excluding carboxylic acids is 1. The molecule has 0 aliphatic carbocycles. The Labute approximate surface area is 136 Å². The summed E-state index contributed by atoms with van der Waals surface area (Å²) in [6, 6.07) is 8.31. The van der Waals surface area contributed by atoms with Crippen LogP contribution in [0.5, 0.6) is 11.5 Å². The van der Waals surface area contributed by atoms with Crippen LogP contribution in [-0.4, -0.2) is 25.1 Å². The molecule has 7 nitrogen and oxygen atoms in total. The van der Waals surface area contributed by atoms with Gasteiger partial charge in [-0.05, 0) is 12.1 Å². The molecule has 0 aromatic heterocycles. The van der Waals surface area contributed by atoms with Crippen molar-refractivity contribution in [2.45, 2.75) is 0 Å². The van der Waals surface area contributed by atoms with Gasteiger partial charge in [-0.1, -0.05) is 11.6 Å². The Bertz CT molecular complexity index is 746. The van der Waals surface area contributed by atoms with E-state index in [1.807, 2.05) is 0 Å². The van der Waals surface area contributed by atoms with Crippen molar-refractivity contribution in [3.8, 4) is 11.5 Å². The van der Waals surface area contributed by atoms with Crippen LogP contribution in [0.25, 0.3) is 0 Å². The average molecular weight is 337 g/mol. The summed E-state index contributed by atoms with van der Waals surface area (Å²) in [5.41, 5.74) is 0.552. The fraction of sp³-hybridized carbons (Fsp3) is 0.133. The van der Waals surface area contributed by atoms with Gasteiger partial charge < -0.3 is 14.8 Å². The lowest BCUT2D eigenvalue weighted by Crippen LogP contribution is -2.12. The number of anilines is 1. The first kappa shape index (κ1) is 16.6. The van der Waals surface area contributed by atoms with E-state index in [1.165, 1.54) is 50.6 Å². The molecule has 120 valence electrons. The van der Waals surface area contributed by atoms with Gasteiger partial charge in [-0.2, -0.15) is 0 Å². The third kappa shape index (κ3) is 3.70. The van der Waals surface area contributed by atoms with Gasteiger partial charge in [0.15, 0.2) is 0 Å². The molecule has 0 radical (unpaired) electrons. The lowest BCUT2D eigenvalue weighted by atomic mass is 10.2. The Hall–Kier alpha value is -2.80. The zero-order valence-corrected chi connectivity index (χ0v) is 13.1. The molecule has 1 amide bonds. The van der Waals surface area contributed by atoms with E-state index in [2.05, 4.69) is 5.32 Å². The Kier molecular flexibility index (Phi) is 5.02. The summed E-state index contributed by atoms with van der Waals surface area (Å²) in [5, 5.41) is 13.6. The number of nitro benzene ring substituents is 1. The van der Waals surface area contributed by atoms with Crippen LogP contribution in [0.1, 0.15) is 10.4 Å². The van der Waals surface area contributed by atoms with E-state index in [-0.39, 0.29) is 11.3 Å². The predicted octanol–water partition coefficient (Wildman–Crippen LogP) is 3.52. The Morgan fingerprint density at radius 1 is 1.13 bits per heavy atom. The van der Waals surface area contributed by atoms with Gasteiger partial charge in [-0.15, -0.1) is 0 Å². The number of non-ortho nitro benzene ring substituents is 1. The number of hydrogen-bond acceptors (Lipinski definition) is 5. The Morgan fingerprint density at radius 3 is 2.26 bits per heavy atom. The van der Waals surface area contributed by atoms with Gasteiger partial charge in [0.1, 0.15) is 11.5 Å². The molecule has 0 unspecified atom stereocenters. The molecule has 0 heterocycles. The van der Waals surface area contributed by atoms with Gasteiger partial charge in [0, 0.05) is 29.8 Å². The molecular formula is C15H13ClN2O5. The first-order valence-corrected chi connectivity index (χ1v) is 6.81. The van der Waals surface area contributed by atoms with E-state index < -0.39 is 10.8 Å². The quantitative estimate of drug-likeness (QED) is 0.666. The number of hydrogen-bond donors (Lipinski definition) is 1. The maximum Gasteiger partial charge on any atom is 0.269 e. The minimum absolute atomic E-state index is 0.0905. The van der Waals surface area contributed by atoms with Gasteiger partial charge in [-0.25, -0.2) is 0 Å². The molecule has 0 aliphatic heterocycles. The second-order valence-corrected chi connectivity index (χ2v) is 4.85. The number of halogens is 1. The lowest BCUT2D eigenvalue weighted by Gasteiger charge is -2.13. The molecule has 0 aliphatic rings. The minimum atomic E-state index is -0.533.